The minimum absolute atomic E-state index is 0.0504. The highest BCUT2D eigenvalue weighted by atomic mass is 19.1. The normalized spacial score (nSPS) is 11.0. The van der Waals surface area contributed by atoms with Crippen LogP contribution >= 0.6 is 0 Å². The SMILES string of the molecule is Cc1nn(-c2ccc(F)cc2)c(C)c1CC(=O)N(C)CCCc1cc(-c2ccccc2)n[nH]1. The highest BCUT2D eigenvalue weighted by molar-refractivity contribution is 5.79. The number of nitrogens with one attached hydrogen (secondary N) is 1. The number of amides is 1. The van der Waals surface area contributed by atoms with Gasteiger partial charge in [0, 0.05) is 36.1 Å². The van der Waals surface area contributed by atoms with Crippen LogP contribution in [-0.4, -0.2) is 44.4 Å². The molecule has 0 aliphatic rings. The lowest BCUT2D eigenvalue weighted by atomic mass is 10.1. The van der Waals surface area contributed by atoms with Gasteiger partial charge in [0.1, 0.15) is 5.82 Å². The Balaban J connectivity index is 1.33. The molecule has 0 atom stereocenters. The second-order valence-electron chi connectivity index (χ2n) is 8.28. The zero-order valence-electron chi connectivity index (χ0n) is 19.2. The summed E-state index contributed by atoms with van der Waals surface area (Å²) in [5.41, 5.74) is 6.47. The number of aromatic amines is 1. The maximum absolute atomic E-state index is 13.3. The van der Waals surface area contributed by atoms with Gasteiger partial charge in [0.2, 0.25) is 5.91 Å². The minimum Gasteiger partial charge on any atom is -0.345 e. The molecule has 7 heteroatoms. The molecule has 1 N–H and O–H groups in total. The van der Waals surface area contributed by atoms with E-state index in [2.05, 4.69) is 21.4 Å². The topological polar surface area (TPSA) is 66.8 Å². The third-order valence-electron chi connectivity index (χ3n) is 5.91. The molecule has 0 bridgehead atoms. The van der Waals surface area contributed by atoms with Gasteiger partial charge < -0.3 is 4.90 Å². The van der Waals surface area contributed by atoms with Crippen LogP contribution in [0.1, 0.15) is 29.1 Å². The number of carbonyl (C=O) groups excluding carboxylic acids is 1. The number of aryl methyl sites for hydroxylation is 2. The van der Waals surface area contributed by atoms with Gasteiger partial charge >= 0.3 is 0 Å². The van der Waals surface area contributed by atoms with Crippen LogP contribution in [0.3, 0.4) is 0 Å². The fourth-order valence-electron chi connectivity index (χ4n) is 3.93. The average Bonchev–Trinajstić information content (AvgIpc) is 3.40. The lowest BCUT2D eigenvalue weighted by Gasteiger charge is -2.17. The zero-order valence-corrected chi connectivity index (χ0v) is 19.2. The van der Waals surface area contributed by atoms with E-state index in [4.69, 9.17) is 0 Å². The van der Waals surface area contributed by atoms with Crippen molar-refractivity contribution in [2.45, 2.75) is 33.1 Å². The van der Waals surface area contributed by atoms with Crippen LogP contribution in [0.4, 0.5) is 4.39 Å². The summed E-state index contributed by atoms with van der Waals surface area (Å²) >= 11 is 0. The number of benzene rings is 2. The highest BCUT2D eigenvalue weighted by Gasteiger charge is 2.18. The Hall–Kier alpha value is -3.74. The highest BCUT2D eigenvalue weighted by Crippen LogP contribution is 2.20. The van der Waals surface area contributed by atoms with Gasteiger partial charge in [-0.25, -0.2) is 9.07 Å². The van der Waals surface area contributed by atoms with Crippen molar-refractivity contribution in [3.63, 3.8) is 0 Å². The molecule has 0 radical (unpaired) electrons. The van der Waals surface area contributed by atoms with Gasteiger partial charge in [0.15, 0.2) is 0 Å². The lowest BCUT2D eigenvalue weighted by molar-refractivity contribution is -0.129. The van der Waals surface area contributed by atoms with Crippen molar-refractivity contribution in [3.8, 4) is 16.9 Å². The van der Waals surface area contributed by atoms with Gasteiger partial charge in [-0.2, -0.15) is 10.2 Å². The molecule has 0 unspecified atom stereocenters. The van der Waals surface area contributed by atoms with Gasteiger partial charge in [-0.05, 0) is 57.0 Å². The first-order chi connectivity index (χ1) is 15.9. The molecule has 2 aromatic carbocycles. The molecule has 2 heterocycles. The molecule has 33 heavy (non-hydrogen) atoms. The molecular formula is C26H28FN5O. The van der Waals surface area contributed by atoms with E-state index in [1.165, 1.54) is 12.1 Å². The molecule has 1 amide bonds. The largest absolute Gasteiger partial charge is 0.345 e. The molecule has 0 spiro atoms. The molecule has 0 aliphatic carbocycles. The molecule has 170 valence electrons. The molecule has 0 aliphatic heterocycles. The molecule has 2 aromatic heterocycles. The predicted octanol–water partition coefficient (Wildman–Crippen LogP) is 4.65. The van der Waals surface area contributed by atoms with Crippen molar-refractivity contribution in [2.24, 2.45) is 0 Å². The van der Waals surface area contributed by atoms with Crippen molar-refractivity contribution in [3.05, 3.63) is 89.1 Å². The second kappa shape index (κ2) is 9.81. The fourth-order valence-corrected chi connectivity index (χ4v) is 3.93. The Morgan fingerprint density at radius 2 is 1.82 bits per heavy atom. The Kier molecular flexibility index (Phi) is 6.68. The van der Waals surface area contributed by atoms with Crippen molar-refractivity contribution in [1.82, 2.24) is 24.9 Å². The van der Waals surface area contributed by atoms with Crippen LogP contribution < -0.4 is 0 Å². The number of hydrogen-bond donors (Lipinski definition) is 1. The van der Waals surface area contributed by atoms with Crippen molar-refractivity contribution < 1.29 is 9.18 Å². The fraction of sp³-hybridized carbons (Fsp3) is 0.269. The summed E-state index contributed by atoms with van der Waals surface area (Å²) in [5, 5.41) is 12.1. The first-order valence-corrected chi connectivity index (χ1v) is 11.1. The monoisotopic (exact) mass is 445 g/mol. The Bertz CT molecular complexity index is 1230. The van der Waals surface area contributed by atoms with E-state index in [0.29, 0.717) is 6.54 Å². The van der Waals surface area contributed by atoms with E-state index in [9.17, 15) is 9.18 Å². The molecule has 0 saturated heterocycles. The van der Waals surface area contributed by atoms with Crippen molar-refractivity contribution in [2.75, 3.05) is 13.6 Å². The molecule has 0 saturated carbocycles. The van der Waals surface area contributed by atoms with Crippen LogP contribution in [0.15, 0.2) is 60.7 Å². The maximum Gasteiger partial charge on any atom is 0.226 e. The third-order valence-corrected chi connectivity index (χ3v) is 5.91. The Labute approximate surface area is 193 Å². The minimum atomic E-state index is -0.288. The number of hydrogen-bond acceptors (Lipinski definition) is 3. The number of likely N-dealkylation sites (N-methyl/N-ethyl adjacent to an activating group) is 1. The average molecular weight is 446 g/mol. The first kappa shape index (κ1) is 22.5. The number of rotatable bonds is 8. The molecule has 4 aromatic rings. The van der Waals surface area contributed by atoms with E-state index in [0.717, 1.165) is 52.4 Å². The van der Waals surface area contributed by atoms with E-state index >= 15 is 0 Å². The van der Waals surface area contributed by atoms with Gasteiger partial charge in [0.05, 0.1) is 23.5 Å². The summed E-state index contributed by atoms with van der Waals surface area (Å²) < 4.78 is 15.0. The number of H-pyrrole nitrogens is 1. The zero-order chi connectivity index (χ0) is 23.4. The van der Waals surface area contributed by atoms with Crippen LogP contribution in [0.5, 0.6) is 0 Å². The van der Waals surface area contributed by atoms with Gasteiger partial charge in [-0.15, -0.1) is 0 Å². The van der Waals surface area contributed by atoms with Crippen LogP contribution in [0.25, 0.3) is 16.9 Å². The number of carbonyl (C=O) groups is 1. The van der Waals surface area contributed by atoms with Gasteiger partial charge in [-0.1, -0.05) is 30.3 Å². The molecular weight excluding hydrogens is 417 g/mol. The summed E-state index contributed by atoms with van der Waals surface area (Å²) in [7, 11) is 1.83. The number of nitrogens with zero attached hydrogens (tertiary/aromatic N) is 4. The van der Waals surface area contributed by atoms with Crippen LogP contribution in [-0.2, 0) is 17.6 Å². The third kappa shape index (κ3) is 5.19. The van der Waals surface area contributed by atoms with E-state index < -0.39 is 0 Å². The maximum atomic E-state index is 13.3. The van der Waals surface area contributed by atoms with Gasteiger partial charge in [0.25, 0.3) is 0 Å². The Morgan fingerprint density at radius 1 is 1.09 bits per heavy atom. The summed E-state index contributed by atoms with van der Waals surface area (Å²) in [5.74, 6) is -0.238. The van der Waals surface area contributed by atoms with Crippen LogP contribution in [0, 0.1) is 19.7 Å². The lowest BCUT2D eigenvalue weighted by Crippen LogP contribution is -2.29. The summed E-state index contributed by atoms with van der Waals surface area (Å²) in [6.07, 6.45) is 1.95. The predicted molar refractivity (Wildman–Crippen MR) is 127 cm³/mol. The van der Waals surface area contributed by atoms with Crippen molar-refractivity contribution >= 4 is 5.91 Å². The summed E-state index contributed by atoms with van der Waals surface area (Å²) in [4.78, 5) is 14.6. The summed E-state index contributed by atoms with van der Waals surface area (Å²) in [6, 6.07) is 18.3. The van der Waals surface area contributed by atoms with Gasteiger partial charge in [-0.3, -0.25) is 9.89 Å². The molecule has 4 rings (SSSR count). The smallest absolute Gasteiger partial charge is 0.226 e. The van der Waals surface area contributed by atoms with Crippen LogP contribution in [0.2, 0.25) is 0 Å². The van der Waals surface area contributed by atoms with E-state index in [1.807, 2.05) is 51.2 Å². The molecule has 6 nitrogen and oxygen atoms in total. The number of aromatic nitrogens is 4. The quantitative estimate of drug-likeness (QED) is 0.429. The van der Waals surface area contributed by atoms with E-state index in [1.54, 1.807) is 21.7 Å². The number of halogens is 1. The first-order valence-electron chi connectivity index (χ1n) is 11.1. The van der Waals surface area contributed by atoms with Crippen molar-refractivity contribution in [1.29, 1.82) is 0 Å². The second-order valence-corrected chi connectivity index (χ2v) is 8.28. The standard InChI is InChI=1S/C26H28FN5O/c1-18-24(19(2)32(30-18)23-13-11-21(27)12-14-23)17-26(33)31(3)15-7-10-22-16-25(29-28-22)20-8-5-4-6-9-20/h4-6,8-9,11-14,16H,7,10,15,17H2,1-3H3,(H,28,29). The Morgan fingerprint density at radius 3 is 2.55 bits per heavy atom. The van der Waals surface area contributed by atoms with E-state index in [-0.39, 0.29) is 18.1 Å². The summed E-state index contributed by atoms with van der Waals surface area (Å²) in [6.45, 7) is 4.50. The molecule has 0 fully saturated rings.